The number of rotatable bonds is 6. The molecule has 1 rings (SSSR count). The van der Waals surface area contributed by atoms with Crippen LogP contribution in [-0.4, -0.2) is 26.2 Å². The molecular formula is C11H16ClN3O2. The molecule has 0 saturated carbocycles. The molecule has 1 aromatic rings. The number of carbonyl (C=O) groups is 1. The number of primary amides is 1. The van der Waals surface area contributed by atoms with Crippen molar-refractivity contribution in [3.8, 4) is 5.75 Å². The van der Waals surface area contributed by atoms with Gasteiger partial charge in [0.15, 0.2) is 0 Å². The van der Waals surface area contributed by atoms with Gasteiger partial charge in [-0.1, -0.05) is 17.7 Å². The SMILES string of the molecule is COc1ccc(CNCCNC(N)=O)cc1Cl. The third kappa shape index (κ3) is 4.93. The number of carbonyl (C=O) groups excluding carboxylic acids is 1. The van der Waals surface area contributed by atoms with Crippen LogP contribution in [0, 0.1) is 0 Å². The molecule has 0 unspecified atom stereocenters. The van der Waals surface area contributed by atoms with Crippen LogP contribution in [0.15, 0.2) is 18.2 Å². The monoisotopic (exact) mass is 257 g/mol. The molecule has 0 aliphatic carbocycles. The highest BCUT2D eigenvalue weighted by molar-refractivity contribution is 6.32. The van der Waals surface area contributed by atoms with Gasteiger partial charge in [0.05, 0.1) is 12.1 Å². The van der Waals surface area contributed by atoms with E-state index < -0.39 is 6.03 Å². The van der Waals surface area contributed by atoms with Crippen LogP contribution in [0.5, 0.6) is 5.75 Å². The third-order valence-corrected chi connectivity index (χ3v) is 2.44. The molecule has 0 aromatic heterocycles. The highest BCUT2D eigenvalue weighted by atomic mass is 35.5. The number of nitrogens with one attached hydrogen (secondary N) is 2. The maximum absolute atomic E-state index is 10.4. The number of benzene rings is 1. The standard InChI is InChI=1S/C11H16ClN3O2/c1-17-10-3-2-8(6-9(10)12)7-14-4-5-15-11(13)16/h2-3,6,14H,4-5,7H2,1H3,(H3,13,15,16). The molecule has 17 heavy (non-hydrogen) atoms. The van der Waals surface area contributed by atoms with Crippen molar-refractivity contribution >= 4 is 17.6 Å². The lowest BCUT2D eigenvalue weighted by Gasteiger charge is -2.07. The molecule has 0 radical (unpaired) electrons. The van der Waals surface area contributed by atoms with Crippen LogP contribution >= 0.6 is 11.6 Å². The predicted molar refractivity (Wildman–Crippen MR) is 67.3 cm³/mol. The average Bonchev–Trinajstić information content (AvgIpc) is 2.28. The Morgan fingerprint density at radius 3 is 2.82 bits per heavy atom. The number of nitrogens with two attached hydrogens (primary N) is 1. The second kappa shape index (κ2) is 6.98. The van der Waals surface area contributed by atoms with Gasteiger partial charge in [-0.05, 0) is 17.7 Å². The fraction of sp³-hybridized carbons (Fsp3) is 0.364. The summed E-state index contributed by atoms with van der Waals surface area (Å²) in [5.41, 5.74) is 5.98. The van der Waals surface area contributed by atoms with E-state index >= 15 is 0 Å². The first-order valence-corrected chi connectivity index (χ1v) is 5.57. The Bertz CT molecular complexity index is 385. The van der Waals surface area contributed by atoms with Crippen LogP contribution < -0.4 is 21.1 Å². The van der Waals surface area contributed by atoms with Crippen molar-refractivity contribution in [2.45, 2.75) is 6.54 Å². The number of hydrogen-bond acceptors (Lipinski definition) is 3. The van der Waals surface area contributed by atoms with Crippen molar-refractivity contribution in [3.63, 3.8) is 0 Å². The van der Waals surface area contributed by atoms with E-state index in [1.807, 2.05) is 18.2 Å². The smallest absolute Gasteiger partial charge is 0.312 e. The van der Waals surface area contributed by atoms with Crippen molar-refractivity contribution < 1.29 is 9.53 Å². The van der Waals surface area contributed by atoms with Crippen molar-refractivity contribution in [3.05, 3.63) is 28.8 Å². The Balaban J connectivity index is 2.32. The van der Waals surface area contributed by atoms with Gasteiger partial charge in [-0.2, -0.15) is 0 Å². The molecule has 5 nitrogen and oxygen atoms in total. The van der Waals surface area contributed by atoms with Crippen LogP contribution in [0.25, 0.3) is 0 Å². The van der Waals surface area contributed by atoms with E-state index in [0.717, 1.165) is 5.56 Å². The first-order chi connectivity index (χ1) is 8.13. The first kappa shape index (κ1) is 13.6. The topological polar surface area (TPSA) is 76.4 Å². The highest BCUT2D eigenvalue weighted by Crippen LogP contribution is 2.24. The summed E-state index contributed by atoms with van der Waals surface area (Å²) in [6.07, 6.45) is 0. The van der Waals surface area contributed by atoms with Crippen molar-refractivity contribution in [1.82, 2.24) is 10.6 Å². The molecule has 2 amide bonds. The third-order valence-electron chi connectivity index (χ3n) is 2.15. The summed E-state index contributed by atoms with van der Waals surface area (Å²) < 4.78 is 5.06. The molecule has 0 fully saturated rings. The van der Waals surface area contributed by atoms with Gasteiger partial charge in [0.1, 0.15) is 5.75 Å². The lowest BCUT2D eigenvalue weighted by Crippen LogP contribution is -2.35. The van der Waals surface area contributed by atoms with Crippen LogP contribution in [-0.2, 0) is 6.54 Å². The van der Waals surface area contributed by atoms with Crippen molar-refractivity contribution in [2.24, 2.45) is 5.73 Å². The van der Waals surface area contributed by atoms with E-state index in [4.69, 9.17) is 22.1 Å². The normalized spacial score (nSPS) is 10.0. The second-order valence-electron chi connectivity index (χ2n) is 3.44. The summed E-state index contributed by atoms with van der Waals surface area (Å²) in [7, 11) is 1.58. The first-order valence-electron chi connectivity index (χ1n) is 5.20. The van der Waals surface area contributed by atoms with Crippen molar-refractivity contribution in [2.75, 3.05) is 20.2 Å². The lowest BCUT2D eigenvalue weighted by molar-refractivity contribution is 0.249. The van der Waals surface area contributed by atoms with Gasteiger partial charge in [0.25, 0.3) is 0 Å². The maximum Gasteiger partial charge on any atom is 0.312 e. The summed E-state index contributed by atoms with van der Waals surface area (Å²) in [6, 6.07) is 5.08. The fourth-order valence-electron chi connectivity index (χ4n) is 1.33. The Kier molecular flexibility index (Phi) is 5.59. The van der Waals surface area contributed by atoms with Gasteiger partial charge in [-0.3, -0.25) is 0 Å². The van der Waals surface area contributed by atoms with E-state index in [0.29, 0.717) is 30.4 Å². The predicted octanol–water partition coefficient (Wildman–Crippen LogP) is 1.11. The highest BCUT2D eigenvalue weighted by Gasteiger charge is 2.01. The van der Waals surface area contributed by atoms with E-state index in [-0.39, 0.29) is 0 Å². The average molecular weight is 258 g/mol. The zero-order valence-electron chi connectivity index (χ0n) is 9.63. The van der Waals surface area contributed by atoms with E-state index in [1.54, 1.807) is 7.11 Å². The van der Waals surface area contributed by atoms with Gasteiger partial charge in [0, 0.05) is 19.6 Å². The number of halogens is 1. The molecule has 0 bridgehead atoms. The molecular weight excluding hydrogens is 242 g/mol. The minimum absolute atomic E-state index is 0.499. The number of urea groups is 1. The Hall–Kier alpha value is -1.46. The van der Waals surface area contributed by atoms with E-state index in [1.165, 1.54) is 0 Å². The largest absolute Gasteiger partial charge is 0.495 e. The van der Waals surface area contributed by atoms with E-state index in [2.05, 4.69) is 10.6 Å². The second-order valence-corrected chi connectivity index (χ2v) is 3.84. The molecule has 4 N–H and O–H groups in total. The molecule has 1 aromatic carbocycles. The van der Waals surface area contributed by atoms with Gasteiger partial charge in [-0.25, -0.2) is 4.79 Å². The zero-order chi connectivity index (χ0) is 12.7. The quantitative estimate of drug-likeness (QED) is 0.668. The summed E-state index contributed by atoms with van der Waals surface area (Å²) >= 11 is 5.98. The molecule has 6 heteroatoms. The number of ether oxygens (including phenoxy) is 1. The summed E-state index contributed by atoms with van der Waals surface area (Å²) in [5.74, 6) is 0.658. The molecule has 0 spiro atoms. The van der Waals surface area contributed by atoms with Crippen molar-refractivity contribution in [1.29, 1.82) is 0 Å². The number of methoxy groups -OCH3 is 1. The molecule has 94 valence electrons. The van der Waals surface area contributed by atoms with Gasteiger partial charge in [-0.15, -0.1) is 0 Å². The Morgan fingerprint density at radius 1 is 1.47 bits per heavy atom. The summed E-state index contributed by atoms with van der Waals surface area (Å²) in [5, 5.41) is 6.23. The van der Waals surface area contributed by atoms with E-state index in [9.17, 15) is 4.79 Å². The lowest BCUT2D eigenvalue weighted by atomic mass is 10.2. The minimum atomic E-state index is -0.515. The van der Waals surface area contributed by atoms with Crippen LogP contribution in [0.1, 0.15) is 5.56 Å². The number of amides is 2. The van der Waals surface area contributed by atoms with Gasteiger partial charge in [0.2, 0.25) is 0 Å². The molecule has 0 aliphatic rings. The van der Waals surface area contributed by atoms with Gasteiger partial charge >= 0.3 is 6.03 Å². The Morgan fingerprint density at radius 2 is 2.24 bits per heavy atom. The van der Waals surface area contributed by atoms with Gasteiger partial charge < -0.3 is 21.1 Å². The fourth-order valence-corrected chi connectivity index (χ4v) is 1.61. The minimum Gasteiger partial charge on any atom is -0.495 e. The molecule has 0 atom stereocenters. The van der Waals surface area contributed by atoms with Crippen LogP contribution in [0.4, 0.5) is 4.79 Å². The molecule has 0 aliphatic heterocycles. The Labute approximate surface area is 105 Å². The van der Waals surface area contributed by atoms with Crippen LogP contribution in [0.2, 0.25) is 5.02 Å². The summed E-state index contributed by atoms with van der Waals surface area (Å²) in [6.45, 7) is 1.82. The molecule has 0 heterocycles. The maximum atomic E-state index is 10.4. The number of hydrogen-bond donors (Lipinski definition) is 3. The van der Waals surface area contributed by atoms with Crippen LogP contribution in [0.3, 0.4) is 0 Å². The summed E-state index contributed by atoms with van der Waals surface area (Å²) in [4.78, 5) is 10.4. The molecule has 0 saturated heterocycles. The zero-order valence-corrected chi connectivity index (χ0v) is 10.4.